The smallest absolute Gasteiger partial charge is 0.188 e. The molecule has 0 saturated heterocycles. The molecule has 1 unspecified atom stereocenters. The first-order valence-corrected chi connectivity index (χ1v) is 7.92. The minimum atomic E-state index is -0.176. The molecular formula is C16H25ClIN3O. The van der Waals surface area contributed by atoms with Crippen LogP contribution in [0.4, 0.5) is 0 Å². The summed E-state index contributed by atoms with van der Waals surface area (Å²) in [5.74, 6) is 0.496. The second-order valence-corrected chi connectivity index (χ2v) is 5.86. The number of nitrogens with zero attached hydrogens (tertiary/aromatic N) is 1. The molecule has 3 N–H and O–H groups in total. The van der Waals surface area contributed by atoms with Crippen molar-refractivity contribution < 1.29 is 4.74 Å². The van der Waals surface area contributed by atoms with Gasteiger partial charge in [0.05, 0.1) is 6.54 Å². The summed E-state index contributed by atoms with van der Waals surface area (Å²) >= 11 is 6.19. The second kappa shape index (κ2) is 10.3. The van der Waals surface area contributed by atoms with Crippen LogP contribution in [0.5, 0.6) is 0 Å². The molecule has 0 radical (unpaired) electrons. The highest BCUT2D eigenvalue weighted by molar-refractivity contribution is 14.0. The third-order valence-electron chi connectivity index (χ3n) is 3.92. The summed E-state index contributed by atoms with van der Waals surface area (Å²) in [5, 5.41) is 4.00. The summed E-state index contributed by atoms with van der Waals surface area (Å²) < 4.78 is 5.48. The molecule has 1 aliphatic rings. The van der Waals surface area contributed by atoms with Gasteiger partial charge in [-0.05, 0) is 18.9 Å². The van der Waals surface area contributed by atoms with Gasteiger partial charge in [-0.15, -0.1) is 24.0 Å². The lowest BCUT2D eigenvalue weighted by Gasteiger charge is -2.23. The highest BCUT2D eigenvalue weighted by atomic mass is 127. The Kier molecular flexibility index (Phi) is 9.12. The van der Waals surface area contributed by atoms with Crippen molar-refractivity contribution in [2.45, 2.75) is 44.2 Å². The molecule has 0 spiro atoms. The summed E-state index contributed by atoms with van der Waals surface area (Å²) in [6.07, 6.45) is 6.04. The summed E-state index contributed by atoms with van der Waals surface area (Å²) in [5.41, 5.74) is 6.91. The van der Waals surface area contributed by atoms with Crippen molar-refractivity contribution >= 4 is 41.5 Å². The lowest BCUT2D eigenvalue weighted by Crippen LogP contribution is -2.41. The number of methoxy groups -OCH3 is 1. The van der Waals surface area contributed by atoms with Crippen LogP contribution in [0.15, 0.2) is 29.3 Å². The van der Waals surface area contributed by atoms with Gasteiger partial charge in [0.15, 0.2) is 5.96 Å². The largest absolute Gasteiger partial charge is 0.375 e. The number of hydrogen-bond donors (Lipinski definition) is 2. The Balaban J connectivity index is 0.00000242. The Morgan fingerprint density at radius 1 is 1.36 bits per heavy atom. The summed E-state index contributed by atoms with van der Waals surface area (Å²) in [6.45, 7) is 0.464. The van der Waals surface area contributed by atoms with Crippen molar-refractivity contribution in [3.8, 4) is 0 Å². The maximum absolute atomic E-state index is 6.19. The average Bonchev–Trinajstić information content (AvgIpc) is 2.50. The van der Waals surface area contributed by atoms with Gasteiger partial charge in [-0.2, -0.15) is 0 Å². The van der Waals surface area contributed by atoms with E-state index in [9.17, 15) is 0 Å². The Morgan fingerprint density at radius 2 is 2.05 bits per heavy atom. The van der Waals surface area contributed by atoms with Gasteiger partial charge in [0.25, 0.3) is 0 Å². The fourth-order valence-electron chi connectivity index (χ4n) is 2.72. The van der Waals surface area contributed by atoms with Gasteiger partial charge in [-0.1, -0.05) is 49.1 Å². The van der Waals surface area contributed by atoms with E-state index in [4.69, 9.17) is 22.1 Å². The van der Waals surface area contributed by atoms with E-state index in [1.165, 1.54) is 32.1 Å². The van der Waals surface area contributed by atoms with Crippen LogP contribution in [0, 0.1) is 0 Å². The molecule has 22 heavy (non-hydrogen) atoms. The molecule has 6 heteroatoms. The van der Waals surface area contributed by atoms with Gasteiger partial charge in [-0.25, -0.2) is 0 Å². The van der Waals surface area contributed by atoms with Crippen molar-refractivity contribution in [2.75, 3.05) is 13.7 Å². The standard InChI is InChI=1S/C16H24ClN3O.HI/c1-21-15(13-9-5-6-10-14(13)17)11-19-16(18)20-12-7-3-2-4-8-12;/h5-6,9-10,12,15H,2-4,7-8,11H2,1H3,(H3,18,19,20);1H. The van der Waals surface area contributed by atoms with E-state index in [-0.39, 0.29) is 30.1 Å². The fraction of sp³-hybridized carbons (Fsp3) is 0.562. The van der Waals surface area contributed by atoms with Gasteiger partial charge in [0.1, 0.15) is 6.10 Å². The lowest BCUT2D eigenvalue weighted by atomic mass is 9.96. The zero-order valence-electron chi connectivity index (χ0n) is 12.9. The molecule has 1 fully saturated rings. The molecule has 2 rings (SSSR count). The highest BCUT2D eigenvalue weighted by Crippen LogP contribution is 2.25. The predicted octanol–water partition coefficient (Wildman–Crippen LogP) is 3.88. The number of benzene rings is 1. The fourth-order valence-corrected chi connectivity index (χ4v) is 2.98. The predicted molar refractivity (Wildman–Crippen MR) is 103 cm³/mol. The van der Waals surface area contributed by atoms with Gasteiger partial charge in [0.2, 0.25) is 0 Å². The maximum Gasteiger partial charge on any atom is 0.188 e. The van der Waals surface area contributed by atoms with E-state index in [1.807, 2.05) is 24.3 Å². The Bertz CT molecular complexity index is 478. The number of nitrogens with one attached hydrogen (secondary N) is 1. The highest BCUT2D eigenvalue weighted by Gasteiger charge is 2.15. The summed E-state index contributed by atoms with van der Waals surface area (Å²) in [4.78, 5) is 4.41. The number of nitrogens with two attached hydrogens (primary N) is 1. The number of guanidine groups is 1. The van der Waals surface area contributed by atoms with Gasteiger partial charge in [0, 0.05) is 23.7 Å². The zero-order valence-corrected chi connectivity index (χ0v) is 16.0. The number of halogens is 2. The van der Waals surface area contributed by atoms with Crippen molar-refractivity contribution in [3.05, 3.63) is 34.9 Å². The van der Waals surface area contributed by atoms with Crippen molar-refractivity contribution in [2.24, 2.45) is 10.7 Å². The van der Waals surface area contributed by atoms with Crippen LogP contribution < -0.4 is 11.1 Å². The minimum absolute atomic E-state index is 0. The third-order valence-corrected chi connectivity index (χ3v) is 4.27. The number of hydrogen-bond acceptors (Lipinski definition) is 2. The Labute approximate surface area is 154 Å². The molecule has 0 aliphatic heterocycles. The molecule has 1 aromatic rings. The van der Waals surface area contributed by atoms with Crippen LogP contribution in [0.2, 0.25) is 5.02 Å². The van der Waals surface area contributed by atoms with Gasteiger partial charge >= 0.3 is 0 Å². The van der Waals surface area contributed by atoms with Crippen LogP contribution in [0.25, 0.3) is 0 Å². The molecule has 1 saturated carbocycles. The first-order valence-electron chi connectivity index (χ1n) is 7.54. The number of ether oxygens (including phenoxy) is 1. The molecule has 0 aromatic heterocycles. The first-order chi connectivity index (χ1) is 10.2. The molecule has 1 aromatic carbocycles. The van der Waals surface area contributed by atoms with Crippen LogP contribution in [0.3, 0.4) is 0 Å². The van der Waals surface area contributed by atoms with Crippen LogP contribution >= 0.6 is 35.6 Å². The molecule has 4 nitrogen and oxygen atoms in total. The molecule has 124 valence electrons. The van der Waals surface area contributed by atoms with Crippen LogP contribution in [0.1, 0.15) is 43.8 Å². The van der Waals surface area contributed by atoms with Crippen LogP contribution in [-0.4, -0.2) is 25.7 Å². The molecule has 0 amide bonds. The van der Waals surface area contributed by atoms with E-state index in [2.05, 4.69) is 10.3 Å². The second-order valence-electron chi connectivity index (χ2n) is 5.45. The molecular weight excluding hydrogens is 413 g/mol. The normalized spacial score (nSPS) is 17.6. The number of rotatable bonds is 5. The SMILES string of the molecule is COC(CN=C(N)NC1CCCCC1)c1ccccc1Cl.I. The monoisotopic (exact) mass is 437 g/mol. The van der Waals surface area contributed by atoms with Gasteiger partial charge in [-0.3, -0.25) is 4.99 Å². The molecule has 0 heterocycles. The van der Waals surface area contributed by atoms with Crippen LogP contribution in [-0.2, 0) is 4.74 Å². The van der Waals surface area contributed by atoms with E-state index >= 15 is 0 Å². The van der Waals surface area contributed by atoms with E-state index in [0.29, 0.717) is 23.6 Å². The zero-order chi connectivity index (χ0) is 15.1. The van der Waals surface area contributed by atoms with Crippen molar-refractivity contribution in [1.29, 1.82) is 0 Å². The van der Waals surface area contributed by atoms with Crippen molar-refractivity contribution in [1.82, 2.24) is 5.32 Å². The van der Waals surface area contributed by atoms with E-state index in [0.717, 1.165) is 5.56 Å². The van der Waals surface area contributed by atoms with Gasteiger partial charge < -0.3 is 15.8 Å². The minimum Gasteiger partial charge on any atom is -0.375 e. The average molecular weight is 438 g/mol. The topological polar surface area (TPSA) is 59.6 Å². The molecule has 1 aliphatic carbocycles. The maximum atomic E-state index is 6.19. The van der Waals surface area contributed by atoms with E-state index in [1.54, 1.807) is 7.11 Å². The third kappa shape index (κ3) is 5.93. The van der Waals surface area contributed by atoms with Crippen molar-refractivity contribution in [3.63, 3.8) is 0 Å². The summed E-state index contributed by atoms with van der Waals surface area (Å²) in [6, 6.07) is 8.12. The first kappa shape index (κ1) is 19.5. The van der Waals surface area contributed by atoms with E-state index < -0.39 is 0 Å². The quantitative estimate of drug-likeness (QED) is 0.417. The Morgan fingerprint density at radius 3 is 2.68 bits per heavy atom. The molecule has 0 bridgehead atoms. The molecule has 1 atom stereocenters. The number of aliphatic imine (C=N–C) groups is 1. The summed E-state index contributed by atoms with van der Waals surface area (Å²) in [7, 11) is 1.66. The Hall–Kier alpha value is -0.530. The lowest BCUT2D eigenvalue weighted by molar-refractivity contribution is 0.111.